The monoisotopic (exact) mass is 471 g/mol. The average Bonchev–Trinajstić information content (AvgIpc) is 3.34. The van der Waals surface area contributed by atoms with Crippen LogP contribution in [0, 0.1) is 18.8 Å². The van der Waals surface area contributed by atoms with Crippen molar-refractivity contribution in [1.82, 2.24) is 24.4 Å². The van der Waals surface area contributed by atoms with Crippen molar-refractivity contribution in [2.75, 3.05) is 26.8 Å². The van der Waals surface area contributed by atoms with Gasteiger partial charge in [0.05, 0.1) is 12.3 Å². The summed E-state index contributed by atoms with van der Waals surface area (Å²) in [5.74, 6) is -0.654. The molecule has 34 heavy (non-hydrogen) atoms. The summed E-state index contributed by atoms with van der Waals surface area (Å²) in [4.78, 5) is 40.5. The molecular formula is C24H33N5O5. The summed E-state index contributed by atoms with van der Waals surface area (Å²) in [5.41, 5.74) is 0.455. The number of methoxy groups -OCH3 is 1. The molecule has 2 aliphatic rings. The number of carbonyl (C=O) groups excluding carboxylic acids is 2. The van der Waals surface area contributed by atoms with Crippen LogP contribution >= 0.6 is 0 Å². The van der Waals surface area contributed by atoms with Crippen molar-refractivity contribution in [1.29, 1.82) is 0 Å². The van der Waals surface area contributed by atoms with Gasteiger partial charge in [-0.2, -0.15) is 9.61 Å². The number of likely N-dealkylation sites (tertiary alicyclic amines) is 1. The normalized spacial score (nSPS) is 18.5. The van der Waals surface area contributed by atoms with Gasteiger partial charge in [-0.05, 0) is 38.2 Å². The van der Waals surface area contributed by atoms with Crippen molar-refractivity contribution in [2.45, 2.75) is 52.6 Å². The smallest absolute Gasteiger partial charge is 0.291 e. The zero-order valence-corrected chi connectivity index (χ0v) is 20.2. The van der Waals surface area contributed by atoms with Gasteiger partial charge in [0, 0.05) is 50.3 Å². The molecule has 0 radical (unpaired) electrons. The minimum atomic E-state index is -0.679. The van der Waals surface area contributed by atoms with Gasteiger partial charge >= 0.3 is 0 Å². The molecule has 3 heterocycles. The van der Waals surface area contributed by atoms with Crippen LogP contribution < -0.4 is 10.9 Å². The van der Waals surface area contributed by atoms with Crippen LogP contribution in [0.5, 0.6) is 5.88 Å². The first-order valence-corrected chi connectivity index (χ1v) is 11.8. The van der Waals surface area contributed by atoms with Crippen LogP contribution in [-0.2, 0) is 16.1 Å². The number of carbonyl (C=O) groups is 2. The highest BCUT2D eigenvalue weighted by molar-refractivity contribution is 5.97. The summed E-state index contributed by atoms with van der Waals surface area (Å²) in [6.07, 6.45) is 5.75. The van der Waals surface area contributed by atoms with E-state index in [9.17, 15) is 19.5 Å². The van der Waals surface area contributed by atoms with E-state index in [1.165, 1.54) is 6.08 Å². The largest absolute Gasteiger partial charge is 0.494 e. The third-order valence-electron chi connectivity index (χ3n) is 6.30. The number of nitrogens with zero attached hydrogens (tertiary/aromatic N) is 4. The summed E-state index contributed by atoms with van der Waals surface area (Å²) in [7, 11) is 1.66. The molecule has 10 nitrogen and oxygen atoms in total. The van der Waals surface area contributed by atoms with E-state index in [2.05, 4.69) is 10.4 Å². The Hall–Kier alpha value is -3.14. The zero-order chi connectivity index (χ0) is 24.6. The van der Waals surface area contributed by atoms with Crippen LogP contribution in [0.2, 0.25) is 0 Å². The minimum Gasteiger partial charge on any atom is -0.494 e. The first kappa shape index (κ1) is 24.0. The van der Waals surface area contributed by atoms with Crippen molar-refractivity contribution in [3.8, 4) is 5.88 Å². The van der Waals surface area contributed by atoms with Crippen LogP contribution in [0.3, 0.4) is 0 Å². The van der Waals surface area contributed by atoms with Gasteiger partial charge in [0.15, 0.2) is 5.56 Å². The molecule has 1 atom stereocenters. The van der Waals surface area contributed by atoms with Crippen LogP contribution in [0.1, 0.15) is 54.7 Å². The molecule has 2 amide bonds. The number of aromatic hydroxyl groups is 1. The SMILES string of the molecule is COCC1CCN(C(=O)C=Cc2c(C)nn3c(=O)c(C(=O)NC4CC4)c(O)n(CC(C)C)c23)C1. The molecule has 1 saturated carbocycles. The van der Waals surface area contributed by atoms with Gasteiger partial charge in [0.2, 0.25) is 11.8 Å². The van der Waals surface area contributed by atoms with E-state index in [-0.39, 0.29) is 29.3 Å². The average molecular weight is 472 g/mol. The Morgan fingerprint density at radius 3 is 2.68 bits per heavy atom. The lowest BCUT2D eigenvalue weighted by molar-refractivity contribution is -0.125. The van der Waals surface area contributed by atoms with Crippen molar-refractivity contribution in [2.24, 2.45) is 11.8 Å². The minimum absolute atomic E-state index is 0.0403. The lowest BCUT2D eigenvalue weighted by Gasteiger charge is -2.17. The zero-order valence-electron chi connectivity index (χ0n) is 20.2. The number of ether oxygens (including phenoxy) is 1. The summed E-state index contributed by atoms with van der Waals surface area (Å²) in [6.45, 7) is 7.99. The van der Waals surface area contributed by atoms with Gasteiger partial charge < -0.3 is 20.1 Å². The van der Waals surface area contributed by atoms with E-state index in [0.717, 1.165) is 23.8 Å². The molecule has 184 valence electrons. The molecule has 1 aliphatic heterocycles. The Kier molecular flexibility index (Phi) is 6.79. The highest BCUT2D eigenvalue weighted by Gasteiger charge is 2.30. The highest BCUT2D eigenvalue weighted by atomic mass is 16.5. The second-order valence-electron chi connectivity index (χ2n) is 9.72. The third-order valence-corrected chi connectivity index (χ3v) is 6.30. The van der Waals surface area contributed by atoms with E-state index in [1.807, 2.05) is 13.8 Å². The Morgan fingerprint density at radius 2 is 2.03 bits per heavy atom. The molecule has 1 unspecified atom stereocenters. The highest BCUT2D eigenvalue weighted by Crippen LogP contribution is 2.26. The fourth-order valence-corrected chi connectivity index (χ4v) is 4.45. The number of hydrogen-bond acceptors (Lipinski definition) is 6. The maximum absolute atomic E-state index is 13.2. The lowest BCUT2D eigenvalue weighted by Crippen LogP contribution is -2.34. The molecular weight excluding hydrogens is 438 g/mol. The van der Waals surface area contributed by atoms with Gasteiger partial charge in [-0.3, -0.25) is 19.0 Å². The second kappa shape index (κ2) is 9.61. The predicted octanol–water partition coefficient (Wildman–Crippen LogP) is 1.57. The van der Waals surface area contributed by atoms with Crippen LogP contribution in [-0.4, -0.2) is 68.9 Å². The fraction of sp³-hybridized carbons (Fsp3) is 0.583. The molecule has 0 aromatic carbocycles. The molecule has 10 heteroatoms. The van der Waals surface area contributed by atoms with Crippen LogP contribution in [0.15, 0.2) is 10.9 Å². The van der Waals surface area contributed by atoms with Gasteiger partial charge in [-0.1, -0.05) is 13.8 Å². The Morgan fingerprint density at radius 1 is 1.29 bits per heavy atom. The second-order valence-corrected chi connectivity index (χ2v) is 9.72. The predicted molar refractivity (Wildman–Crippen MR) is 127 cm³/mol. The summed E-state index contributed by atoms with van der Waals surface area (Å²) in [5, 5.41) is 18.2. The van der Waals surface area contributed by atoms with Crippen molar-refractivity contribution in [3.63, 3.8) is 0 Å². The summed E-state index contributed by atoms with van der Waals surface area (Å²) in [6, 6.07) is 0.0403. The quantitative estimate of drug-likeness (QED) is 0.564. The molecule has 1 saturated heterocycles. The lowest BCUT2D eigenvalue weighted by atomic mass is 10.1. The van der Waals surface area contributed by atoms with E-state index in [4.69, 9.17) is 4.74 Å². The first-order chi connectivity index (χ1) is 16.2. The maximum atomic E-state index is 13.2. The molecule has 0 spiro atoms. The third kappa shape index (κ3) is 4.72. The number of rotatable bonds is 8. The molecule has 4 rings (SSSR count). The molecule has 2 N–H and O–H groups in total. The number of nitrogens with one attached hydrogen (secondary N) is 1. The van der Waals surface area contributed by atoms with E-state index >= 15 is 0 Å². The number of amides is 2. The summed E-state index contributed by atoms with van der Waals surface area (Å²) >= 11 is 0. The molecule has 2 aromatic rings. The number of aryl methyl sites for hydroxylation is 1. The van der Waals surface area contributed by atoms with Crippen LogP contribution in [0.25, 0.3) is 11.7 Å². The maximum Gasteiger partial charge on any atom is 0.291 e. The Labute approximate surface area is 198 Å². The number of hydrogen-bond donors (Lipinski definition) is 2. The topological polar surface area (TPSA) is 118 Å². The van der Waals surface area contributed by atoms with E-state index < -0.39 is 11.5 Å². The van der Waals surface area contributed by atoms with Gasteiger partial charge in [0.1, 0.15) is 5.65 Å². The van der Waals surface area contributed by atoms with Crippen LogP contribution in [0.4, 0.5) is 0 Å². The van der Waals surface area contributed by atoms with Crippen molar-refractivity contribution >= 4 is 23.5 Å². The first-order valence-electron chi connectivity index (χ1n) is 11.8. The summed E-state index contributed by atoms with van der Waals surface area (Å²) < 4.78 is 7.91. The van der Waals surface area contributed by atoms with E-state index in [1.54, 1.807) is 29.6 Å². The van der Waals surface area contributed by atoms with E-state index in [0.29, 0.717) is 49.1 Å². The van der Waals surface area contributed by atoms with Gasteiger partial charge in [0.25, 0.3) is 11.5 Å². The molecule has 1 aliphatic carbocycles. The standard InChI is InChI=1S/C24H33N5O5/c1-14(2)11-28-22-18(7-8-19(30)27-10-9-16(12-27)13-34-4)15(3)26-29(22)24(33)20(23(28)32)21(31)25-17-5-6-17/h7-8,14,16-17,32H,5-6,9-13H2,1-4H3,(H,25,31). The molecule has 2 aromatic heterocycles. The number of fused-ring (bicyclic) bond motifs is 1. The van der Waals surface area contributed by atoms with Crippen molar-refractivity contribution in [3.05, 3.63) is 33.3 Å². The van der Waals surface area contributed by atoms with Crippen molar-refractivity contribution < 1.29 is 19.4 Å². The molecule has 0 bridgehead atoms. The Bertz CT molecular complexity index is 1190. The number of aromatic nitrogens is 3. The Balaban J connectivity index is 1.73. The fourth-order valence-electron chi connectivity index (χ4n) is 4.45. The van der Waals surface area contributed by atoms with Gasteiger partial charge in [-0.15, -0.1) is 0 Å². The molecule has 2 fully saturated rings. The van der Waals surface area contributed by atoms with Gasteiger partial charge in [-0.25, -0.2) is 0 Å².